The van der Waals surface area contributed by atoms with Crippen molar-refractivity contribution < 1.29 is 19.1 Å². The fourth-order valence-electron chi connectivity index (χ4n) is 5.39. The molecule has 6 nitrogen and oxygen atoms in total. The summed E-state index contributed by atoms with van der Waals surface area (Å²) in [5.41, 5.74) is 1.42. The number of nitrogens with zero attached hydrogens (tertiary/aromatic N) is 1. The summed E-state index contributed by atoms with van der Waals surface area (Å²) >= 11 is 3.40. The summed E-state index contributed by atoms with van der Waals surface area (Å²) in [6.45, 7) is 0. The largest absolute Gasteiger partial charge is 0.457 e. The lowest BCUT2D eigenvalue weighted by Gasteiger charge is -2.18. The van der Waals surface area contributed by atoms with Gasteiger partial charge in [-0.2, -0.15) is 0 Å². The van der Waals surface area contributed by atoms with E-state index in [0.29, 0.717) is 28.4 Å². The first-order chi connectivity index (χ1) is 17.0. The molecule has 2 bridgehead atoms. The lowest BCUT2D eigenvalue weighted by molar-refractivity contribution is -0.123. The first kappa shape index (κ1) is 21.8. The summed E-state index contributed by atoms with van der Waals surface area (Å²) in [7, 11) is 0. The first-order valence-electron chi connectivity index (χ1n) is 11.5. The number of halogens is 1. The maximum Gasteiger partial charge on any atom is 0.255 e. The molecule has 3 aromatic carbocycles. The predicted octanol–water partition coefficient (Wildman–Crippen LogP) is 5.81. The number of hydrogen-bond donors (Lipinski definition) is 1. The topological polar surface area (TPSA) is 75.7 Å². The second-order valence-electron chi connectivity index (χ2n) is 9.10. The van der Waals surface area contributed by atoms with Crippen LogP contribution in [0.15, 0.2) is 89.4 Å². The van der Waals surface area contributed by atoms with Crippen molar-refractivity contribution in [1.82, 2.24) is 0 Å². The molecule has 4 atom stereocenters. The summed E-state index contributed by atoms with van der Waals surface area (Å²) in [5, 5.41) is 2.86. The van der Waals surface area contributed by atoms with Crippen molar-refractivity contribution in [1.29, 1.82) is 0 Å². The average Bonchev–Trinajstić information content (AvgIpc) is 3.55. The molecular weight excluding hydrogens is 508 g/mol. The molecule has 0 unspecified atom stereocenters. The van der Waals surface area contributed by atoms with Crippen LogP contribution >= 0.6 is 15.9 Å². The van der Waals surface area contributed by atoms with Gasteiger partial charge in [0.1, 0.15) is 11.5 Å². The van der Waals surface area contributed by atoms with Gasteiger partial charge < -0.3 is 10.1 Å². The van der Waals surface area contributed by atoms with Crippen LogP contribution < -0.4 is 15.0 Å². The second kappa shape index (κ2) is 8.50. The molecule has 3 aromatic rings. The van der Waals surface area contributed by atoms with E-state index in [4.69, 9.17) is 4.74 Å². The van der Waals surface area contributed by atoms with E-state index in [2.05, 4.69) is 33.4 Å². The zero-order valence-electron chi connectivity index (χ0n) is 18.6. The number of amides is 3. The van der Waals surface area contributed by atoms with Crippen molar-refractivity contribution in [3.05, 3.63) is 95.0 Å². The zero-order valence-corrected chi connectivity index (χ0v) is 20.1. The van der Waals surface area contributed by atoms with E-state index >= 15 is 0 Å². The minimum absolute atomic E-state index is 0.147. The van der Waals surface area contributed by atoms with Gasteiger partial charge in [-0.25, -0.2) is 4.90 Å². The number of benzene rings is 3. The van der Waals surface area contributed by atoms with E-state index in [1.165, 1.54) is 4.90 Å². The van der Waals surface area contributed by atoms with Crippen LogP contribution in [0.25, 0.3) is 0 Å². The van der Waals surface area contributed by atoms with E-state index in [1.807, 2.05) is 24.3 Å². The summed E-state index contributed by atoms with van der Waals surface area (Å²) in [5.74, 6) is 0.470. The molecule has 1 saturated carbocycles. The maximum atomic E-state index is 13.1. The lowest BCUT2D eigenvalue weighted by Crippen LogP contribution is -2.33. The number of rotatable bonds is 5. The molecule has 1 heterocycles. The molecule has 7 heteroatoms. The molecule has 0 spiro atoms. The monoisotopic (exact) mass is 528 g/mol. The number of ether oxygens (including phenoxy) is 1. The SMILES string of the molecule is O=C(Nc1ccc(Oc2ccc(Br)cc2)cc1)c1cccc(N2C(=O)[C@H]3[C@H](C2=O)[C@H]2C=C[C@H]3C2)c1. The number of imide groups is 1. The highest BCUT2D eigenvalue weighted by atomic mass is 79.9. The molecule has 2 fully saturated rings. The highest BCUT2D eigenvalue weighted by molar-refractivity contribution is 9.10. The van der Waals surface area contributed by atoms with Gasteiger partial charge in [0.2, 0.25) is 11.8 Å². The molecule has 174 valence electrons. The molecule has 1 N–H and O–H groups in total. The van der Waals surface area contributed by atoms with Gasteiger partial charge in [0.25, 0.3) is 5.91 Å². The van der Waals surface area contributed by atoms with Crippen LogP contribution in [0.1, 0.15) is 16.8 Å². The van der Waals surface area contributed by atoms with Gasteiger partial charge in [0.05, 0.1) is 17.5 Å². The Morgan fingerprint density at radius 2 is 1.46 bits per heavy atom. The van der Waals surface area contributed by atoms with Crippen LogP contribution in [-0.4, -0.2) is 17.7 Å². The molecule has 3 aliphatic rings. The third-order valence-electron chi connectivity index (χ3n) is 7.00. The standard InChI is InChI=1S/C28H21BrN2O4/c29-19-6-10-22(11-7-19)35-23-12-8-20(9-13-23)30-26(32)18-2-1-3-21(15-18)31-27(33)24-16-4-5-17(14-16)25(24)28(31)34/h1-13,15-17,24-25H,14H2,(H,30,32)/t16-,17-,24+,25+/m0/s1. The van der Waals surface area contributed by atoms with Crippen molar-refractivity contribution in [3.8, 4) is 11.5 Å². The first-order valence-corrected chi connectivity index (χ1v) is 12.3. The highest BCUT2D eigenvalue weighted by Crippen LogP contribution is 2.53. The predicted molar refractivity (Wildman–Crippen MR) is 135 cm³/mol. The van der Waals surface area contributed by atoms with Gasteiger partial charge in [-0.1, -0.05) is 34.1 Å². The second-order valence-corrected chi connectivity index (χ2v) is 10.0. The number of fused-ring (bicyclic) bond motifs is 5. The van der Waals surface area contributed by atoms with E-state index in [1.54, 1.807) is 48.5 Å². The molecule has 3 amide bonds. The van der Waals surface area contributed by atoms with E-state index < -0.39 is 0 Å². The van der Waals surface area contributed by atoms with Crippen molar-refractivity contribution in [2.75, 3.05) is 10.2 Å². The number of nitrogens with one attached hydrogen (secondary N) is 1. The summed E-state index contributed by atoms with van der Waals surface area (Å²) in [6.07, 6.45) is 5.02. The fraction of sp³-hybridized carbons (Fsp3) is 0.179. The molecule has 35 heavy (non-hydrogen) atoms. The molecule has 2 aliphatic carbocycles. The summed E-state index contributed by atoms with van der Waals surface area (Å²) in [6, 6.07) is 21.2. The van der Waals surface area contributed by atoms with Crippen molar-refractivity contribution >= 4 is 45.0 Å². The summed E-state index contributed by atoms with van der Waals surface area (Å²) < 4.78 is 6.78. The normalized spacial score (nSPS) is 24.1. The van der Waals surface area contributed by atoms with Crippen LogP contribution in [0.2, 0.25) is 0 Å². The number of hydrogen-bond acceptors (Lipinski definition) is 4. The Labute approximate surface area is 210 Å². The minimum atomic E-state index is -0.325. The number of carbonyl (C=O) groups is 3. The molecule has 1 aliphatic heterocycles. The van der Waals surface area contributed by atoms with Crippen molar-refractivity contribution in [2.45, 2.75) is 6.42 Å². The van der Waals surface area contributed by atoms with E-state index in [0.717, 1.165) is 10.9 Å². The van der Waals surface area contributed by atoms with E-state index in [-0.39, 0.29) is 41.4 Å². The molecule has 0 aromatic heterocycles. The van der Waals surface area contributed by atoms with Gasteiger partial charge in [-0.05, 0) is 85.0 Å². The minimum Gasteiger partial charge on any atom is -0.457 e. The van der Waals surface area contributed by atoms with Gasteiger partial charge in [0.15, 0.2) is 0 Å². The Balaban J connectivity index is 1.15. The van der Waals surface area contributed by atoms with Crippen molar-refractivity contribution in [3.63, 3.8) is 0 Å². The third-order valence-corrected chi connectivity index (χ3v) is 7.53. The van der Waals surface area contributed by atoms with E-state index in [9.17, 15) is 14.4 Å². The third kappa shape index (κ3) is 3.86. The lowest BCUT2D eigenvalue weighted by atomic mass is 9.85. The smallest absolute Gasteiger partial charge is 0.255 e. The highest BCUT2D eigenvalue weighted by Gasteiger charge is 2.59. The van der Waals surface area contributed by atoms with Crippen molar-refractivity contribution in [2.24, 2.45) is 23.7 Å². The quantitative estimate of drug-likeness (QED) is 0.335. The van der Waals surface area contributed by atoms with Crippen LogP contribution in [0.5, 0.6) is 11.5 Å². The maximum absolute atomic E-state index is 13.1. The molecule has 0 radical (unpaired) electrons. The van der Waals surface area contributed by atoms with Crippen LogP contribution in [0.3, 0.4) is 0 Å². The Bertz CT molecular complexity index is 1340. The zero-order chi connectivity index (χ0) is 24.1. The van der Waals surface area contributed by atoms with Gasteiger partial charge in [-0.15, -0.1) is 0 Å². The van der Waals surface area contributed by atoms with Crippen LogP contribution in [-0.2, 0) is 9.59 Å². The number of anilines is 2. The Morgan fingerprint density at radius 1 is 0.857 bits per heavy atom. The van der Waals surface area contributed by atoms with Gasteiger partial charge in [-0.3, -0.25) is 14.4 Å². The summed E-state index contributed by atoms with van der Waals surface area (Å²) in [4.78, 5) is 40.4. The molecule has 1 saturated heterocycles. The number of allylic oxidation sites excluding steroid dienone is 2. The Kier molecular flexibility index (Phi) is 5.29. The van der Waals surface area contributed by atoms with Crippen LogP contribution in [0, 0.1) is 23.7 Å². The van der Waals surface area contributed by atoms with Gasteiger partial charge in [0, 0.05) is 15.7 Å². The molecule has 6 rings (SSSR count). The average molecular weight is 529 g/mol. The molecular formula is C28H21BrN2O4. The Morgan fingerprint density at radius 3 is 2.09 bits per heavy atom. The fourth-order valence-corrected chi connectivity index (χ4v) is 5.66. The van der Waals surface area contributed by atoms with Crippen LogP contribution in [0.4, 0.5) is 11.4 Å². The Hall–Kier alpha value is -3.71. The number of carbonyl (C=O) groups excluding carboxylic acids is 3. The van der Waals surface area contributed by atoms with Gasteiger partial charge >= 0.3 is 0 Å².